The minimum absolute atomic E-state index is 0.287. The van der Waals surface area contributed by atoms with Gasteiger partial charge in [-0.3, -0.25) is 9.67 Å². The number of rotatable bonds is 2. The molecule has 4 heteroatoms. The molecule has 0 spiro atoms. The summed E-state index contributed by atoms with van der Waals surface area (Å²) in [6.07, 6.45) is 5.95. The zero-order valence-electron chi connectivity index (χ0n) is 6.34. The highest BCUT2D eigenvalue weighted by Gasteiger charge is 1.99. The van der Waals surface area contributed by atoms with Gasteiger partial charge in [-0.1, -0.05) is 0 Å². The maximum absolute atomic E-state index is 10.2. The zero-order chi connectivity index (χ0) is 8.39. The summed E-state index contributed by atoms with van der Waals surface area (Å²) in [5, 5.41) is 5.04. The molecule has 2 aromatic rings. The highest BCUT2D eigenvalue weighted by atomic mass is 16.1. The molecule has 2 aromatic heterocycles. The van der Waals surface area contributed by atoms with Crippen LogP contribution in [0.2, 0.25) is 0 Å². The number of aromatic nitrogens is 3. The lowest BCUT2D eigenvalue weighted by atomic mass is 10.3. The van der Waals surface area contributed by atoms with E-state index in [4.69, 9.17) is 0 Å². The van der Waals surface area contributed by atoms with Crippen molar-refractivity contribution in [3.63, 3.8) is 0 Å². The van der Waals surface area contributed by atoms with Crippen molar-refractivity contribution in [2.24, 2.45) is 0 Å². The Kier molecular flexibility index (Phi) is 1.59. The first-order chi connectivity index (χ1) is 5.92. The molecule has 0 aliphatic carbocycles. The van der Waals surface area contributed by atoms with E-state index in [0.717, 1.165) is 17.2 Å². The van der Waals surface area contributed by atoms with Gasteiger partial charge in [0.25, 0.3) is 0 Å². The van der Waals surface area contributed by atoms with Gasteiger partial charge in [0.2, 0.25) is 0 Å². The van der Waals surface area contributed by atoms with Crippen molar-refractivity contribution in [1.82, 2.24) is 14.8 Å². The Labute approximate surface area is 68.8 Å². The van der Waals surface area contributed by atoms with Crippen molar-refractivity contribution >= 4 is 17.2 Å². The van der Waals surface area contributed by atoms with E-state index in [2.05, 4.69) is 10.1 Å². The number of fused-ring (bicyclic) bond motifs is 1. The van der Waals surface area contributed by atoms with Crippen LogP contribution in [0.3, 0.4) is 0 Å². The van der Waals surface area contributed by atoms with E-state index in [-0.39, 0.29) is 6.54 Å². The Morgan fingerprint density at radius 1 is 1.50 bits per heavy atom. The highest BCUT2D eigenvalue weighted by Crippen LogP contribution is 2.09. The molecule has 0 radical (unpaired) electrons. The summed E-state index contributed by atoms with van der Waals surface area (Å²) < 4.78 is 1.62. The van der Waals surface area contributed by atoms with E-state index in [9.17, 15) is 4.79 Å². The maximum atomic E-state index is 10.2. The fourth-order valence-electron chi connectivity index (χ4n) is 1.13. The first kappa shape index (κ1) is 6.97. The summed E-state index contributed by atoms with van der Waals surface area (Å²) in [5.41, 5.74) is 0.893. The number of hydrogen-bond donors (Lipinski definition) is 0. The maximum Gasteiger partial charge on any atom is 0.141 e. The molecule has 0 aliphatic heterocycles. The number of pyridine rings is 1. The van der Waals surface area contributed by atoms with Crippen LogP contribution in [0.1, 0.15) is 0 Å². The molecular formula is C8H7N3O. The van der Waals surface area contributed by atoms with Crippen molar-refractivity contribution in [1.29, 1.82) is 0 Å². The smallest absolute Gasteiger partial charge is 0.141 e. The Bertz CT molecular complexity index is 407. The molecule has 0 fully saturated rings. The average molecular weight is 161 g/mol. The van der Waals surface area contributed by atoms with E-state index in [0.29, 0.717) is 0 Å². The lowest BCUT2D eigenvalue weighted by Gasteiger charge is -1.94. The van der Waals surface area contributed by atoms with Gasteiger partial charge < -0.3 is 4.79 Å². The molecule has 2 heterocycles. The molecule has 12 heavy (non-hydrogen) atoms. The second kappa shape index (κ2) is 2.73. The van der Waals surface area contributed by atoms with Crippen LogP contribution in [-0.4, -0.2) is 21.1 Å². The first-order valence-electron chi connectivity index (χ1n) is 3.61. The van der Waals surface area contributed by atoms with Gasteiger partial charge in [0.1, 0.15) is 6.29 Å². The van der Waals surface area contributed by atoms with Crippen LogP contribution in [-0.2, 0) is 11.3 Å². The predicted octanol–water partition coefficient (Wildman–Crippen LogP) is 0.630. The SMILES string of the molecule is O=CCn1ncc2ccncc21. The molecule has 0 bridgehead atoms. The third kappa shape index (κ3) is 0.972. The summed E-state index contributed by atoms with van der Waals surface area (Å²) >= 11 is 0. The van der Waals surface area contributed by atoms with Crippen molar-refractivity contribution in [2.75, 3.05) is 0 Å². The van der Waals surface area contributed by atoms with Gasteiger partial charge in [-0.15, -0.1) is 0 Å². The van der Waals surface area contributed by atoms with E-state index in [1.54, 1.807) is 23.3 Å². The number of carbonyl (C=O) groups is 1. The fraction of sp³-hybridized carbons (Fsp3) is 0.125. The molecule has 60 valence electrons. The summed E-state index contributed by atoms with van der Waals surface area (Å²) in [6, 6.07) is 1.86. The molecular weight excluding hydrogens is 154 g/mol. The van der Waals surface area contributed by atoms with Crippen LogP contribution in [0, 0.1) is 0 Å². The molecule has 0 unspecified atom stereocenters. The monoisotopic (exact) mass is 161 g/mol. The van der Waals surface area contributed by atoms with Crippen LogP contribution < -0.4 is 0 Å². The van der Waals surface area contributed by atoms with Gasteiger partial charge in [0.05, 0.1) is 24.5 Å². The molecule has 0 saturated heterocycles. The van der Waals surface area contributed by atoms with Crippen molar-refractivity contribution in [3.8, 4) is 0 Å². The Balaban J connectivity index is 2.62. The zero-order valence-corrected chi connectivity index (χ0v) is 6.34. The molecule has 0 amide bonds. The number of carbonyl (C=O) groups excluding carboxylic acids is 1. The van der Waals surface area contributed by atoms with Crippen LogP contribution in [0.25, 0.3) is 10.9 Å². The standard InChI is InChI=1S/C8H7N3O/c12-4-3-11-8-6-9-2-1-7(8)5-10-11/h1-2,4-6H,3H2. The van der Waals surface area contributed by atoms with Gasteiger partial charge in [-0.2, -0.15) is 5.10 Å². The molecule has 0 N–H and O–H groups in total. The second-order valence-corrected chi connectivity index (χ2v) is 2.43. The average Bonchev–Trinajstić information content (AvgIpc) is 2.50. The van der Waals surface area contributed by atoms with E-state index in [1.807, 2.05) is 6.07 Å². The fourth-order valence-corrected chi connectivity index (χ4v) is 1.13. The minimum atomic E-state index is 0.287. The van der Waals surface area contributed by atoms with Crippen LogP contribution >= 0.6 is 0 Å². The largest absolute Gasteiger partial charge is 0.301 e. The molecule has 0 atom stereocenters. The van der Waals surface area contributed by atoms with E-state index in [1.165, 1.54) is 0 Å². The van der Waals surface area contributed by atoms with E-state index >= 15 is 0 Å². The van der Waals surface area contributed by atoms with Crippen molar-refractivity contribution in [2.45, 2.75) is 6.54 Å². The lowest BCUT2D eigenvalue weighted by Crippen LogP contribution is -1.99. The van der Waals surface area contributed by atoms with Gasteiger partial charge in [0.15, 0.2) is 0 Å². The highest BCUT2D eigenvalue weighted by molar-refractivity contribution is 5.77. The van der Waals surface area contributed by atoms with E-state index < -0.39 is 0 Å². The summed E-state index contributed by atoms with van der Waals surface area (Å²) in [5.74, 6) is 0. The summed E-state index contributed by atoms with van der Waals surface area (Å²) in [4.78, 5) is 14.2. The molecule has 4 nitrogen and oxygen atoms in total. The Hall–Kier alpha value is -1.71. The van der Waals surface area contributed by atoms with Crippen molar-refractivity contribution in [3.05, 3.63) is 24.7 Å². The number of hydrogen-bond acceptors (Lipinski definition) is 3. The third-order valence-corrected chi connectivity index (χ3v) is 1.69. The summed E-state index contributed by atoms with van der Waals surface area (Å²) in [7, 11) is 0. The summed E-state index contributed by atoms with van der Waals surface area (Å²) in [6.45, 7) is 0.287. The van der Waals surface area contributed by atoms with Gasteiger partial charge in [0, 0.05) is 11.6 Å². The quantitative estimate of drug-likeness (QED) is 0.607. The Morgan fingerprint density at radius 3 is 3.25 bits per heavy atom. The predicted molar refractivity (Wildman–Crippen MR) is 43.6 cm³/mol. The van der Waals surface area contributed by atoms with Gasteiger partial charge in [-0.05, 0) is 6.07 Å². The van der Waals surface area contributed by atoms with Gasteiger partial charge in [-0.25, -0.2) is 0 Å². The Morgan fingerprint density at radius 2 is 2.42 bits per heavy atom. The van der Waals surface area contributed by atoms with Crippen LogP contribution in [0.15, 0.2) is 24.7 Å². The van der Waals surface area contributed by atoms with Gasteiger partial charge >= 0.3 is 0 Å². The molecule has 2 rings (SSSR count). The second-order valence-electron chi connectivity index (χ2n) is 2.43. The van der Waals surface area contributed by atoms with Crippen LogP contribution in [0.4, 0.5) is 0 Å². The molecule has 0 aliphatic rings. The number of nitrogens with zero attached hydrogens (tertiary/aromatic N) is 3. The van der Waals surface area contributed by atoms with Crippen molar-refractivity contribution < 1.29 is 4.79 Å². The van der Waals surface area contributed by atoms with Crippen LogP contribution in [0.5, 0.6) is 0 Å². The lowest BCUT2D eigenvalue weighted by molar-refractivity contribution is -0.108. The minimum Gasteiger partial charge on any atom is -0.301 e. The number of aldehydes is 1. The first-order valence-corrected chi connectivity index (χ1v) is 3.61. The molecule has 0 aromatic carbocycles. The normalized spacial score (nSPS) is 10.3. The third-order valence-electron chi connectivity index (χ3n) is 1.69. The topological polar surface area (TPSA) is 47.8 Å². The molecule has 0 saturated carbocycles.